The van der Waals surface area contributed by atoms with Crippen molar-refractivity contribution in [1.29, 1.82) is 0 Å². The van der Waals surface area contributed by atoms with Crippen LogP contribution in [0, 0.1) is 4.91 Å². The normalized spacial score (nSPS) is 12.5. The minimum atomic E-state index is -0.795. The van der Waals surface area contributed by atoms with E-state index in [1.54, 1.807) is 42.6 Å². The number of aromatic nitrogens is 1. The maximum Gasteiger partial charge on any atom is 0.231 e. The molecule has 4 rings (SSSR count). The third-order valence-corrected chi connectivity index (χ3v) is 4.20. The van der Waals surface area contributed by atoms with Crippen LogP contribution in [0.25, 0.3) is 0 Å². The van der Waals surface area contributed by atoms with Crippen molar-refractivity contribution in [2.24, 2.45) is 5.18 Å². The maximum absolute atomic E-state index is 12.3. The molecule has 0 aliphatic carbocycles. The number of nitrogens with zero attached hydrogens (tertiary/aromatic N) is 2. The average Bonchev–Trinajstić information content (AvgIpc) is 3.27. The Morgan fingerprint density at radius 3 is 2.67 bits per heavy atom. The molecule has 2 N–H and O–H groups in total. The lowest BCUT2D eigenvalue weighted by Gasteiger charge is -2.20. The van der Waals surface area contributed by atoms with Crippen molar-refractivity contribution in [1.82, 2.24) is 4.98 Å². The van der Waals surface area contributed by atoms with Crippen LogP contribution in [0.3, 0.4) is 0 Å². The second-order valence-electron chi connectivity index (χ2n) is 5.94. The van der Waals surface area contributed by atoms with E-state index in [1.165, 1.54) is 0 Å². The van der Waals surface area contributed by atoms with Crippen LogP contribution in [0.15, 0.2) is 63.0 Å². The van der Waals surface area contributed by atoms with E-state index in [-0.39, 0.29) is 24.0 Å². The number of ether oxygens (including phenoxy) is 2. The predicted octanol–water partition coefficient (Wildman–Crippen LogP) is 3.88. The summed E-state index contributed by atoms with van der Waals surface area (Å²) in [5.41, 5.74) is -0.407. The van der Waals surface area contributed by atoms with Gasteiger partial charge in [0, 0.05) is 12.3 Å². The van der Waals surface area contributed by atoms with Crippen molar-refractivity contribution in [2.75, 3.05) is 12.1 Å². The highest BCUT2D eigenvalue weighted by Crippen LogP contribution is 2.38. The Labute approximate surface area is 172 Å². The molecule has 0 radical (unpaired) electrons. The number of anilines is 1. The zero-order chi connectivity index (χ0) is 21.5. The fourth-order valence-corrected chi connectivity index (χ4v) is 2.91. The van der Waals surface area contributed by atoms with Gasteiger partial charge >= 0.3 is 0 Å². The Bertz CT molecular complexity index is 1070. The molecule has 0 spiro atoms. The number of benzene rings is 1. The van der Waals surface area contributed by atoms with E-state index >= 15 is 0 Å². The number of aliphatic hydroxyl groups excluding tert-OH is 1. The van der Waals surface area contributed by atoms with Crippen LogP contribution in [-0.4, -0.2) is 16.9 Å². The number of hydrogen-bond acceptors (Lipinski definition) is 9. The van der Waals surface area contributed by atoms with Crippen LogP contribution in [-0.2, 0) is 6.61 Å². The van der Waals surface area contributed by atoms with Crippen LogP contribution >= 0.6 is 0 Å². The van der Waals surface area contributed by atoms with Gasteiger partial charge in [-0.25, -0.2) is 4.98 Å². The van der Waals surface area contributed by atoms with Gasteiger partial charge in [0.1, 0.15) is 24.2 Å². The van der Waals surface area contributed by atoms with Crippen molar-refractivity contribution in [2.45, 2.75) is 26.5 Å². The Morgan fingerprint density at radius 2 is 1.97 bits per heavy atom. The number of hydrogen-bond donors (Lipinski definition) is 2. The second kappa shape index (κ2) is 9.66. The fourth-order valence-electron chi connectivity index (χ4n) is 2.91. The fraction of sp³-hybridized carbons (Fsp3) is 0.238. The van der Waals surface area contributed by atoms with Crippen LogP contribution in [0.2, 0.25) is 0 Å². The summed E-state index contributed by atoms with van der Waals surface area (Å²) >= 11 is 0. The third-order valence-electron chi connectivity index (χ3n) is 4.20. The summed E-state index contributed by atoms with van der Waals surface area (Å²) in [6.07, 6.45) is 1.60. The molecule has 1 atom stereocenters. The van der Waals surface area contributed by atoms with Gasteiger partial charge < -0.3 is 24.3 Å². The molecule has 9 heteroatoms. The first-order chi connectivity index (χ1) is 14.7. The van der Waals surface area contributed by atoms with Crippen molar-refractivity contribution in [3.05, 3.63) is 80.9 Å². The monoisotopic (exact) mass is 411 g/mol. The van der Waals surface area contributed by atoms with Crippen molar-refractivity contribution < 1.29 is 19.0 Å². The summed E-state index contributed by atoms with van der Waals surface area (Å²) in [6.45, 7) is 3.60. The summed E-state index contributed by atoms with van der Waals surface area (Å²) in [4.78, 5) is 27.9. The smallest absolute Gasteiger partial charge is 0.231 e. The van der Waals surface area contributed by atoms with E-state index < -0.39 is 18.1 Å². The van der Waals surface area contributed by atoms with Gasteiger partial charge in [0.25, 0.3) is 0 Å². The molecule has 0 saturated heterocycles. The second-order valence-corrected chi connectivity index (χ2v) is 5.94. The lowest BCUT2D eigenvalue weighted by molar-refractivity contribution is 0.174. The number of aliphatic hydroxyl groups is 1. The van der Waals surface area contributed by atoms with Crippen LogP contribution in [0.4, 0.5) is 11.5 Å². The predicted molar refractivity (Wildman–Crippen MR) is 110 cm³/mol. The Hall–Kier alpha value is -3.72. The lowest BCUT2D eigenvalue weighted by atomic mass is 10.0. The standard InChI is InChI=1S/C19H15N3O6.C2H6/c23-9-12-8-13(24)18(22-25)19(28-12)17(21-16-3-1-2-6-20-16)11-4-5-14-15(7-11)27-10-26-14;1-2/h1-8,17,23H,9-10H2,(H,20,21);1-2H3. The molecule has 0 saturated carbocycles. The van der Waals surface area contributed by atoms with Gasteiger partial charge in [-0.1, -0.05) is 26.0 Å². The molecule has 30 heavy (non-hydrogen) atoms. The topological polar surface area (TPSA) is 123 Å². The molecule has 1 aliphatic heterocycles. The highest BCUT2D eigenvalue weighted by Gasteiger charge is 2.27. The molecule has 156 valence electrons. The molecule has 3 heterocycles. The van der Waals surface area contributed by atoms with Gasteiger partial charge in [-0.3, -0.25) is 4.79 Å². The summed E-state index contributed by atoms with van der Waals surface area (Å²) in [7, 11) is 0. The van der Waals surface area contributed by atoms with E-state index in [9.17, 15) is 14.8 Å². The zero-order valence-corrected chi connectivity index (χ0v) is 16.5. The van der Waals surface area contributed by atoms with E-state index in [0.29, 0.717) is 22.9 Å². The molecule has 1 aliphatic rings. The Morgan fingerprint density at radius 1 is 1.17 bits per heavy atom. The molecule has 0 amide bonds. The van der Waals surface area contributed by atoms with Gasteiger partial charge in [0.2, 0.25) is 12.2 Å². The van der Waals surface area contributed by atoms with Crippen LogP contribution < -0.4 is 20.2 Å². The molecule has 2 aromatic heterocycles. The van der Waals surface area contributed by atoms with Gasteiger partial charge in [-0.2, -0.15) is 0 Å². The molecule has 3 aromatic rings. The van der Waals surface area contributed by atoms with E-state index in [2.05, 4.69) is 15.5 Å². The van der Waals surface area contributed by atoms with Crippen LogP contribution in [0.5, 0.6) is 11.5 Å². The highest BCUT2D eigenvalue weighted by atomic mass is 16.7. The average molecular weight is 411 g/mol. The third kappa shape index (κ3) is 4.31. The van der Waals surface area contributed by atoms with Crippen molar-refractivity contribution in [3.63, 3.8) is 0 Å². The van der Waals surface area contributed by atoms with Crippen LogP contribution in [0.1, 0.15) is 37.0 Å². The minimum absolute atomic E-state index is 0.0148. The molecule has 9 nitrogen and oxygen atoms in total. The van der Waals surface area contributed by atoms with E-state index in [1.807, 2.05) is 13.8 Å². The van der Waals surface area contributed by atoms with Gasteiger partial charge in [0.05, 0.1) is 0 Å². The van der Waals surface area contributed by atoms with Gasteiger partial charge in [-0.05, 0) is 35.0 Å². The van der Waals surface area contributed by atoms with Crippen molar-refractivity contribution >= 4 is 11.5 Å². The largest absolute Gasteiger partial charge is 0.458 e. The van der Waals surface area contributed by atoms with E-state index in [0.717, 1.165) is 6.07 Å². The summed E-state index contributed by atoms with van der Waals surface area (Å²) in [5, 5.41) is 15.4. The summed E-state index contributed by atoms with van der Waals surface area (Å²) in [6, 6.07) is 10.7. The first-order valence-electron chi connectivity index (χ1n) is 9.38. The SMILES string of the molecule is CC.O=Nc1c(C(Nc2ccccn2)c2ccc3c(c2)OCO3)oc(CO)cc1=O. The Kier molecular flexibility index (Phi) is 6.76. The first kappa shape index (κ1) is 21.0. The van der Waals surface area contributed by atoms with Gasteiger partial charge in [-0.15, -0.1) is 4.91 Å². The Balaban J connectivity index is 0.00000124. The maximum atomic E-state index is 12.3. The molecule has 0 fully saturated rings. The number of nitroso groups, excluding NO2 is 1. The van der Waals surface area contributed by atoms with E-state index in [4.69, 9.17) is 13.9 Å². The zero-order valence-electron chi connectivity index (χ0n) is 16.5. The summed E-state index contributed by atoms with van der Waals surface area (Å²) < 4.78 is 16.4. The number of fused-ring (bicyclic) bond motifs is 1. The summed E-state index contributed by atoms with van der Waals surface area (Å²) in [5.74, 6) is 1.57. The number of rotatable bonds is 6. The van der Waals surface area contributed by atoms with Crippen molar-refractivity contribution in [3.8, 4) is 11.5 Å². The van der Waals surface area contributed by atoms with Gasteiger partial charge in [0.15, 0.2) is 22.9 Å². The molecular formula is C21H21N3O6. The number of pyridine rings is 1. The quantitative estimate of drug-likeness (QED) is 0.586. The minimum Gasteiger partial charge on any atom is -0.458 e. The lowest BCUT2D eigenvalue weighted by Crippen LogP contribution is -2.17. The first-order valence-corrected chi connectivity index (χ1v) is 9.38. The molecular weight excluding hydrogens is 390 g/mol. The number of nitrogens with one attached hydrogen (secondary N) is 1. The highest BCUT2D eigenvalue weighted by molar-refractivity contribution is 5.54. The molecule has 1 unspecified atom stereocenters. The molecule has 0 bridgehead atoms. The molecule has 1 aromatic carbocycles.